The summed E-state index contributed by atoms with van der Waals surface area (Å²) in [5.74, 6) is -0.758. The third-order valence-corrected chi connectivity index (χ3v) is 4.77. The number of carbonyl (C=O) groups excluding carboxylic acids is 2. The molecule has 136 valence electrons. The lowest BCUT2D eigenvalue weighted by Crippen LogP contribution is -2.03. The quantitative estimate of drug-likeness (QED) is 0.541. The topological polar surface area (TPSA) is 84.2 Å². The Morgan fingerprint density at radius 2 is 1.22 bits per heavy atom. The zero-order valence-corrected chi connectivity index (χ0v) is 15.0. The highest BCUT2D eigenvalue weighted by atomic mass is 16.5. The van der Waals surface area contributed by atoms with Gasteiger partial charge in [0.25, 0.3) is 0 Å². The number of nitrogens with one attached hydrogen (secondary N) is 2. The molecule has 0 aliphatic heterocycles. The molecule has 0 fully saturated rings. The van der Waals surface area contributed by atoms with Gasteiger partial charge in [-0.2, -0.15) is 0 Å². The van der Waals surface area contributed by atoms with Crippen LogP contribution in [-0.4, -0.2) is 36.1 Å². The molecule has 0 radical (unpaired) electrons. The monoisotopic (exact) mass is 362 g/mol. The molecular weight excluding hydrogens is 344 g/mol. The van der Waals surface area contributed by atoms with Crippen LogP contribution in [0.5, 0.6) is 0 Å². The number of aromatic nitrogens is 2. The summed E-state index contributed by atoms with van der Waals surface area (Å²) in [6.45, 7) is 0. The molecule has 0 bridgehead atoms. The molecule has 6 nitrogen and oxygen atoms in total. The van der Waals surface area contributed by atoms with Gasteiger partial charge in [0, 0.05) is 40.6 Å². The van der Waals surface area contributed by atoms with Gasteiger partial charge in [0.05, 0.1) is 25.3 Å². The van der Waals surface area contributed by atoms with Crippen molar-refractivity contribution >= 4 is 33.7 Å². The molecule has 0 amide bonds. The molecule has 27 heavy (non-hydrogen) atoms. The Bertz CT molecular complexity index is 1080. The fourth-order valence-corrected chi connectivity index (χ4v) is 3.56. The van der Waals surface area contributed by atoms with Crippen LogP contribution in [-0.2, 0) is 15.9 Å². The van der Waals surface area contributed by atoms with Gasteiger partial charge in [0.2, 0.25) is 0 Å². The van der Waals surface area contributed by atoms with Crippen LogP contribution in [0.4, 0.5) is 0 Å². The van der Waals surface area contributed by atoms with Crippen molar-refractivity contribution < 1.29 is 19.1 Å². The zero-order valence-electron chi connectivity index (χ0n) is 15.0. The van der Waals surface area contributed by atoms with Crippen molar-refractivity contribution in [3.8, 4) is 0 Å². The molecule has 0 aliphatic rings. The predicted octanol–water partition coefficient (Wildman–Crippen LogP) is 3.81. The van der Waals surface area contributed by atoms with E-state index in [1.807, 2.05) is 36.7 Å². The van der Waals surface area contributed by atoms with Crippen molar-refractivity contribution in [2.24, 2.45) is 0 Å². The number of hydrogen-bond acceptors (Lipinski definition) is 4. The predicted molar refractivity (Wildman–Crippen MR) is 102 cm³/mol. The van der Waals surface area contributed by atoms with Gasteiger partial charge in [-0.15, -0.1) is 0 Å². The van der Waals surface area contributed by atoms with E-state index >= 15 is 0 Å². The third-order valence-electron chi connectivity index (χ3n) is 4.77. The van der Waals surface area contributed by atoms with Crippen LogP contribution in [0.25, 0.3) is 21.8 Å². The summed E-state index contributed by atoms with van der Waals surface area (Å²) >= 11 is 0. The summed E-state index contributed by atoms with van der Waals surface area (Å²) < 4.78 is 9.84. The van der Waals surface area contributed by atoms with Crippen molar-refractivity contribution in [2.75, 3.05) is 14.2 Å². The average molecular weight is 362 g/mol. The first-order valence-electron chi connectivity index (χ1n) is 8.48. The Kier molecular flexibility index (Phi) is 4.16. The molecule has 2 aromatic heterocycles. The van der Waals surface area contributed by atoms with Crippen LogP contribution in [0.2, 0.25) is 0 Å². The number of aromatic amines is 2. The van der Waals surface area contributed by atoms with E-state index in [-0.39, 0.29) is 11.9 Å². The van der Waals surface area contributed by atoms with E-state index < -0.39 is 0 Å². The van der Waals surface area contributed by atoms with Crippen molar-refractivity contribution in [1.82, 2.24) is 9.97 Å². The molecule has 4 rings (SSSR count). The van der Waals surface area contributed by atoms with E-state index in [9.17, 15) is 9.59 Å². The van der Waals surface area contributed by atoms with E-state index in [4.69, 9.17) is 9.47 Å². The van der Waals surface area contributed by atoms with Gasteiger partial charge >= 0.3 is 11.9 Å². The highest BCUT2D eigenvalue weighted by molar-refractivity contribution is 6.07. The number of ether oxygens (including phenoxy) is 2. The second-order valence-electron chi connectivity index (χ2n) is 6.24. The number of methoxy groups -OCH3 is 2. The van der Waals surface area contributed by atoms with Crippen LogP contribution in [0, 0.1) is 0 Å². The third kappa shape index (κ3) is 2.75. The Hall–Kier alpha value is -3.54. The van der Waals surface area contributed by atoms with E-state index in [1.165, 1.54) is 14.2 Å². The Balaban J connectivity index is 1.86. The van der Waals surface area contributed by atoms with Gasteiger partial charge in [-0.3, -0.25) is 0 Å². The maximum Gasteiger partial charge on any atom is 0.338 e. The molecule has 0 unspecified atom stereocenters. The highest BCUT2D eigenvalue weighted by Crippen LogP contribution is 2.30. The van der Waals surface area contributed by atoms with Crippen LogP contribution in [0.15, 0.2) is 48.8 Å². The minimum Gasteiger partial charge on any atom is -0.465 e. The van der Waals surface area contributed by atoms with Crippen molar-refractivity contribution in [3.05, 3.63) is 71.0 Å². The normalized spacial score (nSPS) is 11.0. The minimum absolute atomic E-state index is 0.379. The summed E-state index contributed by atoms with van der Waals surface area (Å²) in [5.41, 5.74) is 4.65. The first-order valence-corrected chi connectivity index (χ1v) is 8.48. The molecule has 2 aromatic carbocycles. The maximum absolute atomic E-state index is 12.2. The first-order chi connectivity index (χ1) is 13.1. The number of carbonyl (C=O) groups is 2. The molecule has 4 aromatic rings. The highest BCUT2D eigenvalue weighted by Gasteiger charge is 2.18. The van der Waals surface area contributed by atoms with Crippen molar-refractivity contribution in [2.45, 2.75) is 6.42 Å². The van der Waals surface area contributed by atoms with Crippen molar-refractivity contribution in [1.29, 1.82) is 0 Å². The van der Waals surface area contributed by atoms with Gasteiger partial charge in [-0.25, -0.2) is 9.59 Å². The smallest absolute Gasteiger partial charge is 0.338 e. The number of H-pyrrole nitrogens is 2. The molecule has 2 N–H and O–H groups in total. The van der Waals surface area contributed by atoms with E-state index in [0.717, 1.165) is 32.9 Å². The SMILES string of the molecule is COC(=O)c1cccc2[nH]cc(Cc3c[nH]c4cccc(C(=O)OC)c34)c12. The van der Waals surface area contributed by atoms with Gasteiger partial charge in [0.15, 0.2) is 0 Å². The van der Waals surface area contributed by atoms with E-state index in [2.05, 4.69) is 9.97 Å². The lowest BCUT2D eigenvalue weighted by molar-refractivity contribution is 0.0594. The summed E-state index contributed by atoms with van der Waals surface area (Å²) in [6, 6.07) is 11.0. The second-order valence-corrected chi connectivity index (χ2v) is 6.24. The largest absolute Gasteiger partial charge is 0.465 e. The summed E-state index contributed by atoms with van der Waals surface area (Å²) in [4.78, 5) is 30.8. The fourth-order valence-electron chi connectivity index (χ4n) is 3.56. The number of rotatable bonds is 4. The van der Waals surface area contributed by atoms with Crippen LogP contribution >= 0.6 is 0 Å². The summed E-state index contributed by atoms with van der Waals surface area (Å²) in [7, 11) is 2.74. The Morgan fingerprint density at radius 3 is 1.63 bits per heavy atom. The fraction of sp³-hybridized carbons (Fsp3) is 0.143. The number of hydrogen-bond donors (Lipinski definition) is 2. The molecule has 0 atom stereocenters. The average Bonchev–Trinajstić information content (AvgIpc) is 3.31. The molecule has 2 heterocycles. The second kappa shape index (κ2) is 6.64. The van der Waals surface area contributed by atoms with Crippen LogP contribution < -0.4 is 0 Å². The molecule has 0 saturated heterocycles. The van der Waals surface area contributed by atoms with Crippen LogP contribution in [0.3, 0.4) is 0 Å². The molecule has 0 saturated carbocycles. The van der Waals surface area contributed by atoms with E-state index in [0.29, 0.717) is 17.5 Å². The van der Waals surface area contributed by atoms with E-state index in [1.54, 1.807) is 12.1 Å². The van der Waals surface area contributed by atoms with Gasteiger partial charge < -0.3 is 19.4 Å². The van der Waals surface area contributed by atoms with Gasteiger partial charge in [-0.1, -0.05) is 12.1 Å². The van der Waals surface area contributed by atoms with Gasteiger partial charge in [0.1, 0.15) is 0 Å². The maximum atomic E-state index is 12.2. The lowest BCUT2D eigenvalue weighted by atomic mass is 9.98. The van der Waals surface area contributed by atoms with Gasteiger partial charge in [-0.05, 0) is 35.4 Å². The van der Waals surface area contributed by atoms with Crippen LogP contribution in [0.1, 0.15) is 31.8 Å². The minimum atomic E-state index is -0.379. The Morgan fingerprint density at radius 1 is 0.778 bits per heavy atom. The Labute approximate surface area is 155 Å². The summed E-state index contributed by atoms with van der Waals surface area (Å²) in [6.07, 6.45) is 4.31. The number of benzene rings is 2. The molecule has 6 heteroatoms. The number of esters is 2. The molecule has 0 aliphatic carbocycles. The molecule has 0 spiro atoms. The lowest BCUT2D eigenvalue weighted by Gasteiger charge is -2.06. The zero-order chi connectivity index (χ0) is 19.0. The first kappa shape index (κ1) is 16.9. The standard InChI is InChI=1S/C21H18N2O4/c1-26-20(24)14-5-3-7-16-18(14)12(10-22-16)9-13-11-23-17-8-4-6-15(19(13)17)21(25)27-2/h3-8,10-11,22-23H,9H2,1-2H3. The van der Waals surface area contributed by atoms with Crippen molar-refractivity contribution in [3.63, 3.8) is 0 Å². The summed E-state index contributed by atoms with van der Waals surface area (Å²) in [5, 5.41) is 1.66. The number of fused-ring (bicyclic) bond motifs is 2. The molecular formula is C21H18N2O4.